The van der Waals surface area contributed by atoms with Gasteiger partial charge in [-0.2, -0.15) is 4.98 Å². The molecule has 26 heavy (non-hydrogen) atoms. The Bertz CT molecular complexity index is 964. The number of amides is 1. The molecule has 0 radical (unpaired) electrons. The number of anilines is 1. The lowest BCUT2D eigenvalue weighted by Crippen LogP contribution is -2.22. The van der Waals surface area contributed by atoms with Gasteiger partial charge >= 0.3 is 5.97 Å². The fraction of sp³-hybridized carbons (Fsp3) is 0.278. The van der Waals surface area contributed by atoms with Crippen LogP contribution < -0.4 is 5.32 Å². The molecule has 0 saturated carbocycles. The molecule has 1 aromatic carbocycles. The van der Waals surface area contributed by atoms with Crippen LogP contribution in [-0.2, 0) is 9.53 Å². The number of esters is 1. The van der Waals surface area contributed by atoms with E-state index in [2.05, 4.69) is 20.4 Å². The topological polar surface area (TPSA) is 98.5 Å². The largest absolute Gasteiger partial charge is 0.450 e. The molecule has 1 N–H and O–H groups in total. The minimum Gasteiger partial charge on any atom is -0.450 e. The summed E-state index contributed by atoms with van der Waals surface area (Å²) in [4.78, 5) is 32.2. The number of para-hydroxylation sites is 1. The van der Waals surface area contributed by atoms with Gasteiger partial charge in [0.2, 0.25) is 0 Å². The second-order valence-corrected chi connectivity index (χ2v) is 6.10. The number of nitrogens with one attached hydrogen (secondary N) is 1. The molecule has 8 heteroatoms. The Labute approximate surface area is 150 Å². The van der Waals surface area contributed by atoms with Gasteiger partial charge in [0.05, 0.1) is 0 Å². The van der Waals surface area contributed by atoms with E-state index in [9.17, 15) is 9.59 Å². The van der Waals surface area contributed by atoms with Crippen molar-refractivity contribution in [3.05, 3.63) is 53.6 Å². The van der Waals surface area contributed by atoms with Crippen molar-refractivity contribution < 1.29 is 14.3 Å². The molecule has 0 aliphatic rings. The monoisotopic (exact) mass is 353 g/mol. The molecule has 0 atom stereocenters. The van der Waals surface area contributed by atoms with Crippen molar-refractivity contribution in [3.63, 3.8) is 0 Å². The zero-order valence-corrected chi connectivity index (χ0v) is 14.8. The van der Waals surface area contributed by atoms with Crippen molar-refractivity contribution in [2.75, 3.05) is 11.9 Å². The van der Waals surface area contributed by atoms with Gasteiger partial charge in [-0.25, -0.2) is 14.3 Å². The summed E-state index contributed by atoms with van der Waals surface area (Å²) in [5, 5.41) is 6.81. The quantitative estimate of drug-likeness (QED) is 0.707. The first kappa shape index (κ1) is 17.5. The molecular weight excluding hydrogens is 334 g/mol. The Kier molecular flexibility index (Phi) is 4.92. The smallest absolute Gasteiger partial charge is 0.378 e. The second-order valence-electron chi connectivity index (χ2n) is 6.10. The summed E-state index contributed by atoms with van der Waals surface area (Å²) < 4.78 is 6.45. The van der Waals surface area contributed by atoms with Crippen LogP contribution in [0.5, 0.6) is 0 Å². The summed E-state index contributed by atoms with van der Waals surface area (Å²) in [6.07, 6.45) is 1.58. The highest BCUT2D eigenvalue weighted by atomic mass is 16.5. The zero-order chi connectivity index (χ0) is 18.7. The van der Waals surface area contributed by atoms with Crippen LogP contribution in [0.1, 0.15) is 41.6 Å². The lowest BCUT2D eigenvalue weighted by atomic mass is 10.0. The number of carbonyl (C=O) groups is 2. The maximum Gasteiger partial charge on any atom is 0.378 e. The molecule has 0 aliphatic heterocycles. The number of carbonyl (C=O) groups excluding carboxylic acids is 2. The van der Waals surface area contributed by atoms with E-state index in [0.29, 0.717) is 11.5 Å². The van der Waals surface area contributed by atoms with Gasteiger partial charge in [0, 0.05) is 17.6 Å². The Morgan fingerprint density at radius 1 is 1.23 bits per heavy atom. The summed E-state index contributed by atoms with van der Waals surface area (Å²) in [5.74, 6) is -0.784. The lowest BCUT2D eigenvalue weighted by Gasteiger charge is -2.13. The highest BCUT2D eigenvalue weighted by molar-refractivity contribution is 5.95. The van der Waals surface area contributed by atoms with Crippen LogP contribution in [-0.4, -0.2) is 38.1 Å². The van der Waals surface area contributed by atoms with Crippen LogP contribution in [0.3, 0.4) is 0 Å². The number of fused-ring (bicyclic) bond motifs is 1. The summed E-state index contributed by atoms with van der Waals surface area (Å²) in [6.45, 7) is 5.47. The maximum atomic E-state index is 12.1. The third-order valence-electron chi connectivity index (χ3n) is 3.80. The summed E-state index contributed by atoms with van der Waals surface area (Å²) >= 11 is 0. The molecule has 3 rings (SSSR count). The molecule has 134 valence electrons. The van der Waals surface area contributed by atoms with Crippen LogP contribution in [0, 0.1) is 6.92 Å². The Morgan fingerprint density at radius 3 is 2.73 bits per heavy atom. The normalized spacial score (nSPS) is 10.9. The zero-order valence-electron chi connectivity index (χ0n) is 14.8. The van der Waals surface area contributed by atoms with Crippen molar-refractivity contribution in [2.45, 2.75) is 26.7 Å². The van der Waals surface area contributed by atoms with Crippen molar-refractivity contribution in [1.29, 1.82) is 0 Å². The molecule has 0 bridgehead atoms. The maximum absolute atomic E-state index is 12.1. The number of ether oxygens (including phenoxy) is 1. The number of hydrogen-bond acceptors (Lipinski definition) is 6. The molecular formula is C18H19N5O3. The van der Waals surface area contributed by atoms with Gasteiger partial charge in [-0.15, -0.1) is 5.10 Å². The van der Waals surface area contributed by atoms with Crippen LogP contribution in [0.4, 0.5) is 5.69 Å². The number of rotatable bonds is 5. The van der Waals surface area contributed by atoms with Gasteiger partial charge in [0.15, 0.2) is 6.61 Å². The Hall–Kier alpha value is -3.29. The molecule has 3 aromatic rings. The predicted octanol–water partition coefficient (Wildman–Crippen LogP) is 2.35. The van der Waals surface area contributed by atoms with Gasteiger partial charge in [0.1, 0.15) is 0 Å². The van der Waals surface area contributed by atoms with Crippen molar-refractivity contribution in [2.24, 2.45) is 0 Å². The fourth-order valence-corrected chi connectivity index (χ4v) is 2.49. The average molecular weight is 353 g/mol. The summed E-state index contributed by atoms with van der Waals surface area (Å²) in [6, 6.07) is 9.26. The van der Waals surface area contributed by atoms with E-state index in [0.717, 1.165) is 11.3 Å². The average Bonchev–Trinajstić information content (AvgIpc) is 3.06. The van der Waals surface area contributed by atoms with Gasteiger partial charge in [0.25, 0.3) is 17.5 Å². The van der Waals surface area contributed by atoms with Crippen molar-refractivity contribution in [1.82, 2.24) is 19.6 Å². The Morgan fingerprint density at radius 2 is 2.00 bits per heavy atom. The number of nitrogens with zero attached hydrogens (tertiary/aromatic N) is 4. The first-order valence-electron chi connectivity index (χ1n) is 8.20. The van der Waals surface area contributed by atoms with Crippen molar-refractivity contribution >= 4 is 23.3 Å². The highest BCUT2D eigenvalue weighted by Crippen LogP contribution is 2.23. The predicted molar refractivity (Wildman–Crippen MR) is 95.0 cm³/mol. The molecule has 8 nitrogen and oxygen atoms in total. The van der Waals surface area contributed by atoms with Gasteiger partial charge in [-0.05, 0) is 30.5 Å². The van der Waals surface area contributed by atoms with Gasteiger partial charge < -0.3 is 10.1 Å². The Balaban J connectivity index is 1.64. The first-order valence-corrected chi connectivity index (χ1v) is 8.20. The van der Waals surface area contributed by atoms with E-state index in [1.807, 2.05) is 45.0 Å². The highest BCUT2D eigenvalue weighted by Gasteiger charge is 2.18. The number of aryl methyl sites for hydroxylation is 1. The van der Waals surface area contributed by atoms with Crippen molar-refractivity contribution in [3.8, 4) is 0 Å². The minimum absolute atomic E-state index is 0.137. The third-order valence-corrected chi connectivity index (χ3v) is 3.80. The second kappa shape index (κ2) is 7.30. The van der Waals surface area contributed by atoms with E-state index in [4.69, 9.17) is 4.74 Å². The molecule has 2 heterocycles. The van der Waals surface area contributed by atoms with Crippen LogP contribution in [0.15, 0.2) is 36.5 Å². The van der Waals surface area contributed by atoms with E-state index in [-0.39, 0.29) is 11.7 Å². The SMILES string of the molecule is Cc1ccnc2nc(C(=O)OCC(=O)Nc3ccccc3C(C)C)nn12. The van der Waals surface area contributed by atoms with Gasteiger partial charge in [-0.1, -0.05) is 32.0 Å². The first-order chi connectivity index (χ1) is 12.5. The molecule has 0 unspecified atom stereocenters. The van der Waals surface area contributed by atoms with E-state index >= 15 is 0 Å². The molecule has 0 aliphatic carbocycles. The third kappa shape index (κ3) is 3.69. The van der Waals surface area contributed by atoms with Crippen LogP contribution in [0.2, 0.25) is 0 Å². The van der Waals surface area contributed by atoms with Crippen LogP contribution in [0.25, 0.3) is 5.78 Å². The van der Waals surface area contributed by atoms with Crippen LogP contribution >= 0.6 is 0 Å². The minimum atomic E-state index is -0.776. The van der Waals surface area contributed by atoms with E-state index in [1.165, 1.54) is 4.52 Å². The molecule has 1 amide bonds. The molecule has 0 spiro atoms. The molecule has 0 fully saturated rings. The molecule has 2 aromatic heterocycles. The summed E-state index contributed by atoms with van der Waals surface area (Å²) in [5.41, 5.74) is 2.49. The molecule has 0 saturated heterocycles. The summed E-state index contributed by atoms with van der Waals surface area (Å²) in [7, 11) is 0. The standard InChI is InChI=1S/C18H19N5O3/c1-11(2)13-6-4-5-7-14(13)20-15(24)10-26-17(25)16-21-18-19-9-8-12(3)23(18)22-16/h4-9,11H,10H2,1-3H3,(H,20,24). The lowest BCUT2D eigenvalue weighted by molar-refractivity contribution is -0.119. The van der Waals surface area contributed by atoms with E-state index < -0.39 is 18.5 Å². The number of hydrogen-bond donors (Lipinski definition) is 1. The fourth-order valence-electron chi connectivity index (χ4n) is 2.49. The van der Waals surface area contributed by atoms with Gasteiger partial charge in [-0.3, -0.25) is 4.79 Å². The van der Waals surface area contributed by atoms with E-state index in [1.54, 1.807) is 12.3 Å². The number of benzene rings is 1. The number of aromatic nitrogens is 4.